The lowest BCUT2D eigenvalue weighted by Gasteiger charge is -2.31. The van der Waals surface area contributed by atoms with E-state index in [9.17, 15) is 14.7 Å². The van der Waals surface area contributed by atoms with Crippen molar-refractivity contribution in [2.75, 3.05) is 6.54 Å². The average molecular weight is 282 g/mol. The van der Waals surface area contributed by atoms with Gasteiger partial charge in [0.25, 0.3) is 0 Å². The van der Waals surface area contributed by atoms with Gasteiger partial charge in [-0.15, -0.1) is 11.3 Å². The molecule has 1 saturated heterocycles. The van der Waals surface area contributed by atoms with E-state index in [1.807, 2.05) is 19.2 Å². The van der Waals surface area contributed by atoms with E-state index in [4.69, 9.17) is 0 Å². The van der Waals surface area contributed by atoms with Crippen LogP contribution in [-0.2, 0) is 9.59 Å². The lowest BCUT2D eigenvalue weighted by molar-refractivity contribution is -0.146. The van der Waals surface area contributed by atoms with Crippen LogP contribution in [-0.4, -0.2) is 33.4 Å². The summed E-state index contributed by atoms with van der Waals surface area (Å²) in [7, 11) is 0. The Balaban J connectivity index is 2.43. The number of hydrogen-bond acceptors (Lipinski definition) is 4. The first-order valence-corrected chi connectivity index (χ1v) is 7.36. The fourth-order valence-electron chi connectivity index (χ4n) is 2.59. The molecule has 1 amide bonds. The van der Waals surface area contributed by atoms with Crippen LogP contribution in [0.1, 0.15) is 42.9 Å². The number of nitrogens with zero attached hydrogens (tertiary/aromatic N) is 2. The molecule has 1 aliphatic heterocycles. The maximum atomic E-state index is 12.1. The second-order valence-electron chi connectivity index (χ2n) is 4.79. The second kappa shape index (κ2) is 5.69. The summed E-state index contributed by atoms with van der Waals surface area (Å²) in [5, 5.41) is 12.1. The van der Waals surface area contributed by atoms with Crippen molar-refractivity contribution in [2.24, 2.45) is 5.92 Å². The zero-order valence-corrected chi connectivity index (χ0v) is 11.9. The molecule has 2 unspecified atom stereocenters. The number of hydrogen-bond donors (Lipinski definition) is 1. The Hall–Kier alpha value is -1.43. The fourth-order valence-corrected chi connectivity index (χ4v) is 3.56. The zero-order valence-electron chi connectivity index (χ0n) is 11.1. The number of amides is 1. The molecule has 2 rings (SSSR count). The van der Waals surface area contributed by atoms with Crippen molar-refractivity contribution < 1.29 is 14.7 Å². The van der Waals surface area contributed by atoms with E-state index < -0.39 is 17.9 Å². The Labute approximate surface area is 116 Å². The zero-order chi connectivity index (χ0) is 14.0. The molecule has 104 valence electrons. The molecular weight excluding hydrogens is 264 g/mol. The van der Waals surface area contributed by atoms with E-state index in [-0.39, 0.29) is 5.91 Å². The summed E-state index contributed by atoms with van der Waals surface area (Å²) in [6, 6.07) is -0.420. The van der Waals surface area contributed by atoms with Gasteiger partial charge in [0.1, 0.15) is 5.01 Å². The number of likely N-dealkylation sites (tertiary alicyclic amines) is 1. The van der Waals surface area contributed by atoms with Gasteiger partial charge in [-0.3, -0.25) is 9.59 Å². The van der Waals surface area contributed by atoms with E-state index in [2.05, 4.69) is 4.98 Å². The summed E-state index contributed by atoms with van der Waals surface area (Å²) < 4.78 is 0. The monoisotopic (exact) mass is 282 g/mol. The summed E-state index contributed by atoms with van der Waals surface area (Å²) in [4.78, 5) is 29.7. The summed E-state index contributed by atoms with van der Waals surface area (Å²) in [5.74, 6) is -1.37. The lowest BCUT2D eigenvalue weighted by Crippen LogP contribution is -2.38. The van der Waals surface area contributed by atoms with Crippen LogP contribution in [0.4, 0.5) is 0 Å². The standard InChI is InChI=1S/C13H18N2O3S/c1-3-15-10(16)6-4-5-9(13(17)18)11(15)12-14-8(2)7-19-12/h7,9,11H,3-6H2,1-2H3,(H,17,18). The molecule has 0 radical (unpaired) electrons. The minimum Gasteiger partial charge on any atom is -0.481 e. The highest BCUT2D eigenvalue weighted by molar-refractivity contribution is 7.09. The van der Waals surface area contributed by atoms with Crippen LogP contribution in [0.5, 0.6) is 0 Å². The van der Waals surface area contributed by atoms with Crippen LogP contribution in [0.25, 0.3) is 0 Å². The number of rotatable bonds is 3. The van der Waals surface area contributed by atoms with Crippen LogP contribution in [0.15, 0.2) is 5.38 Å². The van der Waals surface area contributed by atoms with Crippen molar-refractivity contribution in [3.63, 3.8) is 0 Å². The van der Waals surface area contributed by atoms with Gasteiger partial charge in [-0.2, -0.15) is 0 Å². The number of aromatic nitrogens is 1. The predicted molar refractivity (Wildman–Crippen MR) is 72.0 cm³/mol. The summed E-state index contributed by atoms with van der Waals surface area (Å²) in [5.41, 5.74) is 0.872. The van der Waals surface area contributed by atoms with Crippen molar-refractivity contribution in [3.8, 4) is 0 Å². The molecule has 1 aromatic rings. The average Bonchev–Trinajstić information content (AvgIpc) is 2.70. The molecule has 19 heavy (non-hydrogen) atoms. The number of carbonyl (C=O) groups is 2. The van der Waals surface area contributed by atoms with E-state index in [1.165, 1.54) is 11.3 Å². The van der Waals surface area contributed by atoms with Gasteiger partial charge >= 0.3 is 5.97 Å². The van der Waals surface area contributed by atoms with E-state index >= 15 is 0 Å². The van der Waals surface area contributed by atoms with Gasteiger partial charge in [0.2, 0.25) is 5.91 Å². The van der Waals surface area contributed by atoms with Crippen LogP contribution < -0.4 is 0 Å². The van der Waals surface area contributed by atoms with Gasteiger partial charge in [-0.05, 0) is 26.7 Å². The third-order valence-electron chi connectivity index (χ3n) is 3.49. The van der Waals surface area contributed by atoms with E-state index in [0.717, 1.165) is 10.7 Å². The number of carboxylic acid groups (broad SMARTS) is 1. The quantitative estimate of drug-likeness (QED) is 0.923. The van der Waals surface area contributed by atoms with Crippen LogP contribution in [0.3, 0.4) is 0 Å². The van der Waals surface area contributed by atoms with Crippen molar-refractivity contribution in [1.82, 2.24) is 9.88 Å². The van der Waals surface area contributed by atoms with Crippen molar-refractivity contribution in [3.05, 3.63) is 16.1 Å². The highest BCUT2D eigenvalue weighted by atomic mass is 32.1. The van der Waals surface area contributed by atoms with Crippen LogP contribution >= 0.6 is 11.3 Å². The van der Waals surface area contributed by atoms with Gasteiger partial charge in [0.05, 0.1) is 12.0 Å². The third kappa shape index (κ3) is 2.78. The molecule has 2 atom stereocenters. The molecule has 2 heterocycles. The Morgan fingerprint density at radius 1 is 1.63 bits per heavy atom. The summed E-state index contributed by atoms with van der Waals surface area (Å²) in [6.45, 7) is 4.28. The Kier molecular flexibility index (Phi) is 4.19. The first kappa shape index (κ1) is 14.0. The molecular formula is C13H18N2O3S. The van der Waals surface area contributed by atoms with Crippen molar-refractivity contribution >= 4 is 23.2 Å². The third-order valence-corrected chi connectivity index (χ3v) is 4.52. The molecule has 6 heteroatoms. The van der Waals surface area contributed by atoms with Gasteiger partial charge in [0.15, 0.2) is 0 Å². The van der Waals surface area contributed by atoms with Gasteiger partial charge < -0.3 is 10.0 Å². The number of aliphatic carboxylic acids is 1. The minimum absolute atomic E-state index is 0.0316. The molecule has 0 saturated carbocycles. The highest BCUT2D eigenvalue weighted by Gasteiger charge is 2.39. The van der Waals surface area contributed by atoms with E-state index in [0.29, 0.717) is 25.8 Å². The smallest absolute Gasteiger partial charge is 0.309 e. The van der Waals surface area contributed by atoms with E-state index in [1.54, 1.807) is 4.90 Å². The number of thiazole rings is 1. The molecule has 0 aliphatic carbocycles. The van der Waals surface area contributed by atoms with Crippen molar-refractivity contribution in [2.45, 2.75) is 39.2 Å². The number of aryl methyl sites for hydroxylation is 1. The van der Waals surface area contributed by atoms with Gasteiger partial charge in [-0.1, -0.05) is 0 Å². The predicted octanol–water partition coefficient (Wildman–Crippen LogP) is 2.23. The normalized spacial score (nSPS) is 24.3. The number of carbonyl (C=O) groups excluding carboxylic acids is 1. The molecule has 1 fully saturated rings. The minimum atomic E-state index is -0.842. The number of carboxylic acids is 1. The molecule has 1 aromatic heterocycles. The molecule has 0 spiro atoms. The lowest BCUT2D eigenvalue weighted by atomic mass is 9.95. The summed E-state index contributed by atoms with van der Waals surface area (Å²) >= 11 is 1.44. The Morgan fingerprint density at radius 3 is 2.89 bits per heavy atom. The molecule has 5 nitrogen and oxygen atoms in total. The highest BCUT2D eigenvalue weighted by Crippen LogP contribution is 2.37. The maximum absolute atomic E-state index is 12.1. The van der Waals surface area contributed by atoms with Crippen molar-refractivity contribution in [1.29, 1.82) is 0 Å². The van der Waals surface area contributed by atoms with Crippen LogP contribution in [0, 0.1) is 12.8 Å². The Morgan fingerprint density at radius 2 is 2.37 bits per heavy atom. The fraction of sp³-hybridized carbons (Fsp3) is 0.615. The Bertz CT molecular complexity index is 484. The molecule has 0 bridgehead atoms. The van der Waals surface area contributed by atoms with Gasteiger partial charge in [-0.25, -0.2) is 4.98 Å². The SMILES string of the molecule is CCN1C(=O)CCCC(C(=O)O)C1c1nc(C)cs1. The summed E-state index contributed by atoms with van der Waals surface area (Å²) in [6.07, 6.45) is 1.59. The maximum Gasteiger partial charge on any atom is 0.309 e. The first-order chi connectivity index (χ1) is 9.04. The first-order valence-electron chi connectivity index (χ1n) is 6.49. The van der Waals surface area contributed by atoms with Gasteiger partial charge in [0, 0.05) is 24.0 Å². The largest absolute Gasteiger partial charge is 0.481 e. The van der Waals surface area contributed by atoms with Crippen LogP contribution in [0.2, 0.25) is 0 Å². The molecule has 1 aliphatic rings. The molecule has 0 aromatic carbocycles. The molecule has 1 N–H and O–H groups in total. The topological polar surface area (TPSA) is 70.5 Å². The second-order valence-corrected chi connectivity index (χ2v) is 5.68.